The fourth-order valence-corrected chi connectivity index (χ4v) is 5.48. The molecule has 0 aromatic heterocycles. The third kappa shape index (κ3) is 2.64. The number of aliphatic hydroxyl groups excluding tert-OH is 2. The molecule has 24 heavy (non-hydrogen) atoms. The fourth-order valence-electron chi connectivity index (χ4n) is 5.48. The highest BCUT2D eigenvalue weighted by Crippen LogP contribution is 2.62. The zero-order valence-corrected chi connectivity index (χ0v) is 15.0. The fraction of sp³-hybridized carbons (Fsp3) is 0.750. The van der Waals surface area contributed by atoms with Crippen molar-refractivity contribution in [2.45, 2.75) is 71.7 Å². The average Bonchev–Trinajstić information content (AvgIpc) is 2.85. The van der Waals surface area contributed by atoms with Gasteiger partial charge in [0.1, 0.15) is 0 Å². The van der Waals surface area contributed by atoms with Gasteiger partial charge < -0.3 is 14.9 Å². The van der Waals surface area contributed by atoms with Gasteiger partial charge in [-0.3, -0.25) is 0 Å². The molecule has 4 heteroatoms. The summed E-state index contributed by atoms with van der Waals surface area (Å²) in [6.45, 7) is 11.2. The van der Waals surface area contributed by atoms with Crippen molar-refractivity contribution in [2.75, 3.05) is 0 Å². The van der Waals surface area contributed by atoms with E-state index in [0.29, 0.717) is 23.8 Å². The number of esters is 1. The van der Waals surface area contributed by atoms with Crippen molar-refractivity contribution < 1.29 is 19.7 Å². The molecule has 3 rings (SSSR count). The van der Waals surface area contributed by atoms with Crippen LogP contribution in [0, 0.1) is 22.7 Å². The lowest BCUT2D eigenvalue weighted by Gasteiger charge is -2.59. The summed E-state index contributed by atoms with van der Waals surface area (Å²) >= 11 is 0. The van der Waals surface area contributed by atoms with Crippen LogP contribution in [0.4, 0.5) is 0 Å². The van der Waals surface area contributed by atoms with E-state index >= 15 is 0 Å². The van der Waals surface area contributed by atoms with Crippen molar-refractivity contribution >= 4 is 5.97 Å². The molecule has 0 radical (unpaired) electrons. The van der Waals surface area contributed by atoms with E-state index in [1.165, 1.54) is 6.08 Å². The number of carbonyl (C=O) groups excluding carboxylic acids is 1. The molecule has 3 aliphatic rings. The van der Waals surface area contributed by atoms with Gasteiger partial charge in [0.2, 0.25) is 6.29 Å². The highest BCUT2D eigenvalue weighted by Gasteiger charge is 2.55. The van der Waals surface area contributed by atoms with E-state index in [1.54, 1.807) is 0 Å². The van der Waals surface area contributed by atoms with Gasteiger partial charge >= 0.3 is 5.97 Å². The molecular weight excluding hydrogens is 304 g/mol. The molecule has 0 amide bonds. The summed E-state index contributed by atoms with van der Waals surface area (Å²) < 4.78 is 4.81. The Morgan fingerprint density at radius 3 is 2.62 bits per heavy atom. The van der Waals surface area contributed by atoms with Crippen LogP contribution in [0.5, 0.6) is 0 Å². The molecule has 2 saturated carbocycles. The topological polar surface area (TPSA) is 66.8 Å². The summed E-state index contributed by atoms with van der Waals surface area (Å²) in [7, 11) is 0. The molecule has 134 valence electrons. The molecule has 0 unspecified atom stereocenters. The Morgan fingerprint density at radius 1 is 1.29 bits per heavy atom. The zero-order chi connectivity index (χ0) is 17.7. The summed E-state index contributed by atoms with van der Waals surface area (Å²) in [6, 6.07) is 0. The predicted octanol–water partition coefficient (Wildman–Crippen LogP) is 3.34. The summed E-state index contributed by atoms with van der Waals surface area (Å²) in [5.74, 6) is 0.591. The van der Waals surface area contributed by atoms with E-state index in [0.717, 1.165) is 37.7 Å². The number of rotatable bonds is 3. The van der Waals surface area contributed by atoms with Crippen LogP contribution in [0.25, 0.3) is 0 Å². The Bertz CT molecular complexity index is 580. The molecule has 4 nitrogen and oxygen atoms in total. The molecule has 0 bridgehead atoms. The number of hydrogen-bond acceptors (Lipinski definition) is 4. The lowest BCUT2D eigenvalue weighted by atomic mass is 9.46. The summed E-state index contributed by atoms with van der Waals surface area (Å²) in [5.41, 5.74) is 1.77. The first-order valence-corrected chi connectivity index (χ1v) is 9.15. The molecule has 0 spiro atoms. The Balaban J connectivity index is 1.82. The van der Waals surface area contributed by atoms with E-state index in [9.17, 15) is 15.0 Å². The molecule has 2 fully saturated rings. The Morgan fingerprint density at radius 2 is 2.00 bits per heavy atom. The van der Waals surface area contributed by atoms with Gasteiger partial charge in [0.05, 0.1) is 6.10 Å². The molecule has 2 aliphatic carbocycles. The van der Waals surface area contributed by atoms with Crippen molar-refractivity contribution in [1.82, 2.24) is 0 Å². The van der Waals surface area contributed by atoms with Gasteiger partial charge in [-0.05, 0) is 66.8 Å². The first kappa shape index (κ1) is 17.7. The predicted molar refractivity (Wildman–Crippen MR) is 91.9 cm³/mol. The minimum absolute atomic E-state index is 0.0199. The van der Waals surface area contributed by atoms with Gasteiger partial charge in [0, 0.05) is 11.6 Å². The van der Waals surface area contributed by atoms with Gasteiger partial charge in [0.15, 0.2) is 0 Å². The molecular formula is C20H30O4. The summed E-state index contributed by atoms with van der Waals surface area (Å²) in [6.07, 6.45) is 5.56. The number of carbonyl (C=O) groups is 1. The van der Waals surface area contributed by atoms with E-state index in [1.807, 2.05) is 0 Å². The van der Waals surface area contributed by atoms with Crippen LogP contribution in [-0.2, 0) is 9.53 Å². The largest absolute Gasteiger partial charge is 0.429 e. The highest BCUT2D eigenvalue weighted by molar-refractivity contribution is 5.85. The standard InChI is InChI=1S/C20H30O4/c1-12-7-9-20(4)13(2)15(21)5-6-16(20)19(12,3)10-8-14-11-17(22)24-18(14)23/h11-12,15-16,18,21,23H,2,5-10H2,1,3-4H3/t12-,15+,16-,18-,19+,20+/m1/s1. The number of aliphatic hydroxyl groups is 2. The van der Waals surface area contributed by atoms with Crippen LogP contribution in [0.1, 0.15) is 59.3 Å². The lowest BCUT2D eigenvalue weighted by Crippen LogP contribution is -2.52. The maximum absolute atomic E-state index is 11.3. The minimum Gasteiger partial charge on any atom is -0.429 e. The van der Waals surface area contributed by atoms with Crippen LogP contribution >= 0.6 is 0 Å². The average molecular weight is 334 g/mol. The third-order valence-electron chi connectivity index (χ3n) is 7.45. The molecule has 2 N–H and O–H groups in total. The van der Waals surface area contributed by atoms with E-state index in [4.69, 9.17) is 4.74 Å². The number of cyclic esters (lactones) is 1. The number of fused-ring (bicyclic) bond motifs is 1. The lowest BCUT2D eigenvalue weighted by molar-refractivity contribution is -0.151. The van der Waals surface area contributed by atoms with E-state index in [2.05, 4.69) is 27.4 Å². The first-order chi connectivity index (χ1) is 11.2. The third-order valence-corrected chi connectivity index (χ3v) is 7.45. The van der Waals surface area contributed by atoms with Crippen molar-refractivity contribution in [3.8, 4) is 0 Å². The second-order valence-electron chi connectivity index (χ2n) is 8.54. The van der Waals surface area contributed by atoms with Crippen LogP contribution in [0.15, 0.2) is 23.8 Å². The SMILES string of the molecule is C=C1[C@@H](O)CC[C@@H]2[C@@](C)(CCC3=CC(=O)O[C@H]3O)[C@H](C)CC[C@@]12C. The number of hydrogen-bond donors (Lipinski definition) is 2. The van der Waals surface area contributed by atoms with Gasteiger partial charge in [-0.1, -0.05) is 27.4 Å². The van der Waals surface area contributed by atoms with Crippen molar-refractivity contribution in [3.63, 3.8) is 0 Å². The van der Waals surface area contributed by atoms with Gasteiger partial charge in [-0.2, -0.15) is 0 Å². The Kier molecular flexibility index (Phi) is 4.42. The van der Waals surface area contributed by atoms with Gasteiger partial charge in [-0.15, -0.1) is 0 Å². The van der Waals surface area contributed by atoms with Crippen molar-refractivity contribution in [1.29, 1.82) is 0 Å². The highest BCUT2D eigenvalue weighted by atomic mass is 16.6. The van der Waals surface area contributed by atoms with Crippen LogP contribution in [0.3, 0.4) is 0 Å². The molecule has 0 saturated heterocycles. The minimum atomic E-state index is -1.07. The molecule has 0 aromatic rings. The van der Waals surface area contributed by atoms with Crippen LogP contribution in [-0.4, -0.2) is 28.6 Å². The van der Waals surface area contributed by atoms with Gasteiger partial charge in [0.25, 0.3) is 0 Å². The van der Waals surface area contributed by atoms with Crippen molar-refractivity contribution in [3.05, 3.63) is 23.8 Å². The molecule has 1 heterocycles. The summed E-state index contributed by atoms with van der Waals surface area (Å²) in [5, 5.41) is 20.1. The molecule has 1 aliphatic heterocycles. The Hall–Kier alpha value is -1.13. The maximum atomic E-state index is 11.3. The molecule has 0 aromatic carbocycles. The Labute approximate surface area is 144 Å². The smallest absolute Gasteiger partial charge is 0.333 e. The quantitative estimate of drug-likeness (QED) is 0.614. The van der Waals surface area contributed by atoms with Gasteiger partial charge in [-0.25, -0.2) is 4.79 Å². The molecule has 6 atom stereocenters. The van der Waals surface area contributed by atoms with E-state index in [-0.39, 0.29) is 16.9 Å². The van der Waals surface area contributed by atoms with Crippen LogP contribution < -0.4 is 0 Å². The number of ether oxygens (including phenoxy) is 1. The summed E-state index contributed by atoms with van der Waals surface area (Å²) in [4.78, 5) is 11.3. The van der Waals surface area contributed by atoms with Crippen molar-refractivity contribution in [2.24, 2.45) is 22.7 Å². The second kappa shape index (κ2) is 5.99. The monoisotopic (exact) mass is 334 g/mol. The zero-order valence-electron chi connectivity index (χ0n) is 15.0. The normalized spacial score (nSPS) is 45.6. The maximum Gasteiger partial charge on any atom is 0.333 e. The second-order valence-corrected chi connectivity index (χ2v) is 8.54. The van der Waals surface area contributed by atoms with Crippen LogP contribution in [0.2, 0.25) is 0 Å². The van der Waals surface area contributed by atoms with E-state index < -0.39 is 12.3 Å². The first-order valence-electron chi connectivity index (χ1n) is 9.15.